The highest BCUT2D eigenvalue weighted by molar-refractivity contribution is 6.03. The number of benzene rings is 2. The molecule has 3 heterocycles. The molecule has 0 aliphatic carbocycles. The van der Waals surface area contributed by atoms with Crippen molar-refractivity contribution in [2.75, 3.05) is 44.8 Å². The molecule has 0 bridgehead atoms. The average Bonchev–Trinajstić information content (AvgIpc) is 3.12. The number of hydrogen-bond acceptors (Lipinski definition) is 3. The number of aromatic nitrogens is 1. The molecule has 148 valence electrons. The maximum absolute atomic E-state index is 12.9. The summed E-state index contributed by atoms with van der Waals surface area (Å²) in [7, 11) is 2.11. The molecule has 1 N–H and O–H groups in total. The van der Waals surface area contributed by atoms with Crippen LogP contribution in [0.25, 0.3) is 22.6 Å². The van der Waals surface area contributed by atoms with Crippen LogP contribution in [0.5, 0.6) is 0 Å². The lowest BCUT2D eigenvalue weighted by atomic mass is 9.96. The van der Waals surface area contributed by atoms with Gasteiger partial charge in [0.05, 0.1) is 13.2 Å². The lowest BCUT2D eigenvalue weighted by molar-refractivity contribution is 0.0303. The second kappa shape index (κ2) is 7.08. The third-order valence-corrected chi connectivity index (χ3v) is 5.86. The van der Waals surface area contributed by atoms with Gasteiger partial charge in [-0.3, -0.25) is 4.79 Å². The van der Waals surface area contributed by atoms with Gasteiger partial charge >= 0.3 is 0 Å². The van der Waals surface area contributed by atoms with Crippen LogP contribution in [0.1, 0.15) is 27.0 Å². The molecule has 1 aromatic heterocycles. The third kappa shape index (κ3) is 3.21. The summed E-state index contributed by atoms with van der Waals surface area (Å²) in [6.45, 7) is 5.47. The Morgan fingerprint density at radius 2 is 1.93 bits per heavy atom. The number of hydrogen-bond donors (Lipinski definition) is 1. The minimum Gasteiger partial charge on any atom is -0.378 e. The highest BCUT2D eigenvalue weighted by Crippen LogP contribution is 2.37. The van der Waals surface area contributed by atoms with E-state index in [9.17, 15) is 4.79 Å². The summed E-state index contributed by atoms with van der Waals surface area (Å²) in [6, 6.07) is 14.5. The predicted molar refractivity (Wildman–Crippen MR) is 117 cm³/mol. The number of amides is 1. The Bertz CT molecular complexity index is 1120. The number of H-pyrrole nitrogens is 1. The van der Waals surface area contributed by atoms with Gasteiger partial charge in [-0.2, -0.15) is 0 Å². The topological polar surface area (TPSA) is 48.6 Å². The molecule has 2 aromatic carbocycles. The SMILES string of the molecule is Cc1ccc2[nH]c3c(c2c1)C=C(c1cccc(C(=O)N2CCOCC2)c1)CN3C. The quantitative estimate of drug-likeness (QED) is 0.725. The number of carbonyl (C=O) groups excluding carboxylic acids is 1. The van der Waals surface area contributed by atoms with E-state index in [1.54, 1.807) is 0 Å². The van der Waals surface area contributed by atoms with Crippen LogP contribution in [0.4, 0.5) is 5.82 Å². The zero-order valence-electron chi connectivity index (χ0n) is 16.9. The highest BCUT2D eigenvalue weighted by Gasteiger charge is 2.22. The van der Waals surface area contributed by atoms with E-state index in [1.165, 1.54) is 22.1 Å². The Hall–Kier alpha value is -3.05. The molecule has 1 fully saturated rings. The molecule has 0 atom stereocenters. The number of nitrogens with one attached hydrogen (secondary N) is 1. The lowest BCUT2D eigenvalue weighted by Crippen LogP contribution is -2.40. The molecule has 0 saturated carbocycles. The second-order valence-corrected chi connectivity index (χ2v) is 7.95. The molecular weight excluding hydrogens is 362 g/mol. The van der Waals surface area contributed by atoms with Crippen LogP contribution in [-0.4, -0.2) is 55.7 Å². The van der Waals surface area contributed by atoms with Crippen LogP contribution < -0.4 is 4.90 Å². The van der Waals surface area contributed by atoms with E-state index in [2.05, 4.69) is 54.2 Å². The first-order chi connectivity index (χ1) is 14.1. The molecule has 0 unspecified atom stereocenters. The van der Waals surface area contributed by atoms with E-state index in [0.717, 1.165) is 29.0 Å². The number of rotatable bonds is 2. The summed E-state index contributed by atoms with van der Waals surface area (Å²) in [5.74, 6) is 1.23. The van der Waals surface area contributed by atoms with Gasteiger partial charge in [0.2, 0.25) is 0 Å². The molecule has 29 heavy (non-hydrogen) atoms. The number of anilines is 1. The van der Waals surface area contributed by atoms with Crippen molar-refractivity contribution in [1.82, 2.24) is 9.88 Å². The largest absolute Gasteiger partial charge is 0.378 e. The summed E-state index contributed by atoms with van der Waals surface area (Å²) < 4.78 is 5.37. The van der Waals surface area contributed by atoms with Crippen molar-refractivity contribution >= 4 is 34.3 Å². The maximum atomic E-state index is 12.9. The summed E-state index contributed by atoms with van der Waals surface area (Å²) >= 11 is 0. The Labute approximate surface area is 170 Å². The minimum atomic E-state index is 0.0864. The Kier molecular flexibility index (Phi) is 4.40. The van der Waals surface area contributed by atoms with E-state index >= 15 is 0 Å². The van der Waals surface area contributed by atoms with Crippen molar-refractivity contribution in [3.63, 3.8) is 0 Å². The van der Waals surface area contributed by atoms with E-state index in [4.69, 9.17) is 4.74 Å². The van der Waals surface area contributed by atoms with Gasteiger partial charge in [0.15, 0.2) is 0 Å². The zero-order valence-corrected chi connectivity index (χ0v) is 16.9. The Morgan fingerprint density at radius 1 is 1.10 bits per heavy atom. The molecule has 2 aliphatic rings. The maximum Gasteiger partial charge on any atom is 0.254 e. The summed E-state index contributed by atoms with van der Waals surface area (Å²) in [4.78, 5) is 20.6. The van der Waals surface area contributed by atoms with E-state index < -0.39 is 0 Å². The highest BCUT2D eigenvalue weighted by atomic mass is 16.5. The zero-order chi connectivity index (χ0) is 20.0. The number of aromatic amines is 1. The van der Waals surface area contributed by atoms with E-state index in [1.807, 2.05) is 23.1 Å². The molecular formula is C24H25N3O2. The average molecular weight is 387 g/mol. The van der Waals surface area contributed by atoms with Gasteiger partial charge in [-0.15, -0.1) is 0 Å². The number of ether oxygens (including phenoxy) is 1. The van der Waals surface area contributed by atoms with E-state index in [0.29, 0.717) is 26.3 Å². The summed E-state index contributed by atoms with van der Waals surface area (Å²) in [6.07, 6.45) is 2.27. The first kappa shape index (κ1) is 18.0. The molecule has 2 aliphatic heterocycles. The van der Waals surface area contributed by atoms with Gasteiger partial charge in [0, 0.05) is 48.7 Å². The molecule has 1 amide bonds. The van der Waals surface area contributed by atoms with Crippen LogP contribution in [-0.2, 0) is 4.74 Å². The molecule has 3 aromatic rings. The number of aryl methyl sites for hydroxylation is 1. The molecule has 0 spiro atoms. The first-order valence-electron chi connectivity index (χ1n) is 10.1. The van der Waals surface area contributed by atoms with Gasteiger partial charge in [0.25, 0.3) is 5.91 Å². The number of carbonyl (C=O) groups is 1. The normalized spacial score (nSPS) is 16.7. The van der Waals surface area contributed by atoms with Crippen LogP contribution in [0.15, 0.2) is 42.5 Å². The molecule has 5 nitrogen and oxygen atoms in total. The summed E-state index contributed by atoms with van der Waals surface area (Å²) in [5.41, 5.74) is 6.69. The van der Waals surface area contributed by atoms with Crippen molar-refractivity contribution in [2.24, 2.45) is 0 Å². The molecule has 1 saturated heterocycles. The molecule has 0 radical (unpaired) electrons. The fourth-order valence-electron chi connectivity index (χ4n) is 4.29. The van der Waals surface area contributed by atoms with Crippen molar-refractivity contribution in [2.45, 2.75) is 6.92 Å². The number of fused-ring (bicyclic) bond motifs is 3. The number of morpholine rings is 1. The first-order valence-corrected chi connectivity index (χ1v) is 10.1. The Balaban J connectivity index is 1.53. The van der Waals surface area contributed by atoms with Crippen LogP contribution in [0.2, 0.25) is 0 Å². The third-order valence-electron chi connectivity index (χ3n) is 5.86. The van der Waals surface area contributed by atoms with Gasteiger partial charge in [-0.25, -0.2) is 0 Å². The molecule has 5 heteroatoms. The fraction of sp³-hybridized carbons (Fsp3) is 0.292. The predicted octanol–water partition coefficient (Wildman–Crippen LogP) is 3.94. The van der Waals surface area contributed by atoms with Crippen LogP contribution >= 0.6 is 0 Å². The smallest absolute Gasteiger partial charge is 0.254 e. The summed E-state index contributed by atoms with van der Waals surface area (Å²) in [5, 5.41) is 1.24. The second-order valence-electron chi connectivity index (χ2n) is 7.95. The minimum absolute atomic E-state index is 0.0864. The Morgan fingerprint density at radius 3 is 2.76 bits per heavy atom. The molecule has 5 rings (SSSR count). The van der Waals surface area contributed by atoms with Crippen LogP contribution in [0, 0.1) is 6.92 Å². The van der Waals surface area contributed by atoms with Crippen molar-refractivity contribution < 1.29 is 9.53 Å². The standard InChI is InChI=1S/C24H25N3O2/c1-16-6-7-22-20(12-16)21-14-19(15-26(2)23(21)25-22)17-4-3-5-18(13-17)24(28)27-8-10-29-11-9-27/h3-7,12-14,25H,8-11,15H2,1-2H3. The van der Waals surface area contributed by atoms with Gasteiger partial charge in [-0.05, 0) is 48.4 Å². The number of likely N-dealkylation sites (N-methyl/N-ethyl adjacent to an activating group) is 1. The van der Waals surface area contributed by atoms with E-state index in [-0.39, 0.29) is 5.91 Å². The van der Waals surface area contributed by atoms with Crippen molar-refractivity contribution in [1.29, 1.82) is 0 Å². The van der Waals surface area contributed by atoms with Gasteiger partial charge in [-0.1, -0.05) is 23.8 Å². The van der Waals surface area contributed by atoms with Crippen molar-refractivity contribution in [3.05, 3.63) is 64.7 Å². The lowest BCUT2D eigenvalue weighted by Gasteiger charge is -2.28. The number of nitrogens with zero attached hydrogens (tertiary/aromatic N) is 2. The van der Waals surface area contributed by atoms with Crippen molar-refractivity contribution in [3.8, 4) is 0 Å². The van der Waals surface area contributed by atoms with Gasteiger partial charge < -0.3 is 19.5 Å². The fourth-order valence-corrected chi connectivity index (χ4v) is 4.29. The van der Waals surface area contributed by atoms with Crippen LogP contribution in [0.3, 0.4) is 0 Å². The van der Waals surface area contributed by atoms with Gasteiger partial charge in [0.1, 0.15) is 5.82 Å². The monoisotopic (exact) mass is 387 g/mol.